The van der Waals surface area contributed by atoms with Crippen molar-refractivity contribution in [3.63, 3.8) is 0 Å². The Morgan fingerprint density at radius 3 is 2.73 bits per heavy atom. The Hall–Kier alpha value is -2.56. The summed E-state index contributed by atoms with van der Waals surface area (Å²) in [6, 6.07) is 6.08. The Labute approximate surface area is 200 Å². The van der Waals surface area contributed by atoms with E-state index in [0.29, 0.717) is 23.0 Å². The molecule has 0 bridgehead atoms. The van der Waals surface area contributed by atoms with Gasteiger partial charge in [0.15, 0.2) is 0 Å². The van der Waals surface area contributed by atoms with E-state index in [0.717, 1.165) is 24.8 Å². The molecule has 4 rings (SSSR count). The standard InChI is InChI=1S/C22H25ClN4O5S/c1-12(2)9-16(19(29)32-21-25-22(20(24)30,26-33-21)13-7-8-13)27-11-14(10-18(27)28)31-17-6-4-3-5-15(17)23/h3-6,10,12-13,16,26H,7-9,11H2,1-2H3,(H2,24,30). The van der Waals surface area contributed by atoms with Crippen LogP contribution in [-0.2, 0) is 19.1 Å². The maximum absolute atomic E-state index is 13.1. The van der Waals surface area contributed by atoms with Gasteiger partial charge in [0, 0.05) is 23.9 Å². The Kier molecular flexibility index (Phi) is 6.69. The minimum Gasteiger partial charge on any atom is -0.458 e. The Bertz CT molecular complexity index is 1040. The molecule has 3 aliphatic rings. The molecule has 2 amide bonds. The molecule has 0 aromatic heterocycles. The van der Waals surface area contributed by atoms with Gasteiger partial charge in [-0.15, -0.1) is 0 Å². The first-order valence-corrected chi connectivity index (χ1v) is 11.9. The molecule has 3 N–H and O–H groups in total. The number of primary amides is 1. The lowest BCUT2D eigenvalue weighted by Gasteiger charge is -2.27. The second kappa shape index (κ2) is 9.36. The third kappa shape index (κ3) is 5.02. The van der Waals surface area contributed by atoms with Crippen LogP contribution in [0.5, 0.6) is 5.75 Å². The van der Waals surface area contributed by atoms with Crippen molar-refractivity contribution >= 4 is 46.6 Å². The van der Waals surface area contributed by atoms with Crippen LogP contribution in [0.3, 0.4) is 0 Å². The highest BCUT2D eigenvalue weighted by atomic mass is 35.5. The predicted molar refractivity (Wildman–Crippen MR) is 124 cm³/mol. The number of nitrogens with two attached hydrogens (primary N) is 1. The minimum absolute atomic E-state index is 0.0148. The molecule has 33 heavy (non-hydrogen) atoms. The molecule has 176 valence electrons. The second-order valence-corrected chi connectivity index (χ2v) is 9.83. The number of amides is 2. The van der Waals surface area contributed by atoms with Crippen molar-refractivity contribution in [2.45, 2.75) is 44.8 Å². The van der Waals surface area contributed by atoms with E-state index in [9.17, 15) is 14.4 Å². The number of rotatable bonds is 8. The van der Waals surface area contributed by atoms with E-state index in [1.807, 2.05) is 13.8 Å². The van der Waals surface area contributed by atoms with E-state index in [-0.39, 0.29) is 29.5 Å². The molecule has 9 nitrogen and oxygen atoms in total. The molecule has 2 atom stereocenters. The third-order valence-electron chi connectivity index (χ3n) is 5.61. The second-order valence-electron chi connectivity index (χ2n) is 8.66. The summed E-state index contributed by atoms with van der Waals surface area (Å²) in [6.45, 7) is 4.00. The SMILES string of the molecule is CC(C)CC(C(=O)OC1=NC(C(N)=O)(C2CC2)NS1)N1CC(Oc2ccccc2Cl)=CC1=O. The number of nitrogens with one attached hydrogen (secondary N) is 1. The number of esters is 1. The number of carbonyl (C=O) groups is 3. The van der Waals surface area contributed by atoms with Crippen molar-refractivity contribution in [2.24, 2.45) is 22.6 Å². The van der Waals surface area contributed by atoms with Crippen molar-refractivity contribution < 1.29 is 23.9 Å². The zero-order chi connectivity index (χ0) is 23.8. The van der Waals surface area contributed by atoms with Crippen LogP contribution in [0.1, 0.15) is 33.1 Å². The van der Waals surface area contributed by atoms with Crippen LogP contribution >= 0.6 is 23.5 Å². The molecular formula is C22H25ClN4O5S. The van der Waals surface area contributed by atoms with Crippen LogP contribution < -0.4 is 15.2 Å². The average Bonchev–Trinajstić information content (AvgIpc) is 3.42. The first kappa shape index (κ1) is 23.6. The van der Waals surface area contributed by atoms with Gasteiger partial charge in [-0.25, -0.2) is 14.5 Å². The summed E-state index contributed by atoms with van der Waals surface area (Å²) in [5, 5.41) is 0.436. The Morgan fingerprint density at radius 1 is 1.36 bits per heavy atom. The van der Waals surface area contributed by atoms with E-state index in [2.05, 4.69) is 9.71 Å². The molecule has 0 spiro atoms. The molecule has 1 fully saturated rings. The quantitative estimate of drug-likeness (QED) is 0.422. The van der Waals surface area contributed by atoms with E-state index in [4.69, 9.17) is 26.8 Å². The number of hydrogen-bond acceptors (Lipinski definition) is 8. The molecule has 1 aromatic carbocycles. The maximum Gasteiger partial charge on any atom is 0.336 e. The summed E-state index contributed by atoms with van der Waals surface area (Å²) in [6.07, 6.45) is 3.37. The summed E-state index contributed by atoms with van der Waals surface area (Å²) in [5.41, 5.74) is 4.30. The summed E-state index contributed by atoms with van der Waals surface area (Å²) in [4.78, 5) is 43.6. The zero-order valence-corrected chi connectivity index (χ0v) is 19.8. The van der Waals surface area contributed by atoms with Gasteiger partial charge in [-0.2, -0.15) is 0 Å². The number of benzene rings is 1. The van der Waals surface area contributed by atoms with Crippen LogP contribution in [-0.4, -0.2) is 46.2 Å². The summed E-state index contributed by atoms with van der Waals surface area (Å²) >= 11 is 7.10. The molecule has 1 aliphatic carbocycles. The van der Waals surface area contributed by atoms with E-state index < -0.39 is 23.6 Å². The van der Waals surface area contributed by atoms with Crippen molar-refractivity contribution in [3.8, 4) is 5.75 Å². The van der Waals surface area contributed by atoms with Crippen LogP contribution in [0.25, 0.3) is 0 Å². The number of aliphatic imine (C=N–C) groups is 1. The topological polar surface area (TPSA) is 123 Å². The van der Waals surface area contributed by atoms with E-state index in [1.165, 1.54) is 11.0 Å². The first-order valence-electron chi connectivity index (χ1n) is 10.7. The first-order chi connectivity index (χ1) is 15.7. The van der Waals surface area contributed by atoms with Crippen molar-refractivity contribution in [3.05, 3.63) is 41.1 Å². The highest BCUT2D eigenvalue weighted by molar-refractivity contribution is 8.12. The van der Waals surface area contributed by atoms with E-state index in [1.54, 1.807) is 24.3 Å². The third-order valence-corrected chi connectivity index (χ3v) is 6.68. The van der Waals surface area contributed by atoms with Gasteiger partial charge in [-0.1, -0.05) is 37.6 Å². The molecule has 2 aliphatic heterocycles. The van der Waals surface area contributed by atoms with Gasteiger partial charge in [0.05, 0.1) is 11.6 Å². The summed E-state index contributed by atoms with van der Waals surface area (Å²) in [5.74, 6) is -0.700. The monoisotopic (exact) mass is 492 g/mol. The molecular weight excluding hydrogens is 468 g/mol. The fourth-order valence-corrected chi connectivity index (χ4v) is 4.84. The lowest BCUT2D eigenvalue weighted by Crippen LogP contribution is -2.51. The zero-order valence-electron chi connectivity index (χ0n) is 18.2. The van der Waals surface area contributed by atoms with Crippen LogP contribution in [0.2, 0.25) is 5.02 Å². The number of nitrogens with zero attached hydrogens (tertiary/aromatic N) is 2. The molecule has 2 unspecified atom stereocenters. The van der Waals surface area contributed by atoms with Gasteiger partial charge in [0.1, 0.15) is 17.6 Å². The lowest BCUT2D eigenvalue weighted by molar-refractivity contribution is -0.146. The van der Waals surface area contributed by atoms with Gasteiger partial charge in [-0.3, -0.25) is 9.59 Å². The van der Waals surface area contributed by atoms with Crippen LogP contribution in [0.4, 0.5) is 0 Å². The van der Waals surface area contributed by atoms with Crippen molar-refractivity contribution in [1.82, 2.24) is 9.62 Å². The molecule has 1 aromatic rings. The van der Waals surface area contributed by atoms with E-state index >= 15 is 0 Å². The molecule has 0 saturated heterocycles. The summed E-state index contributed by atoms with van der Waals surface area (Å²) < 4.78 is 14.2. The Morgan fingerprint density at radius 2 is 2.09 bits per heavy atom. The molecule has 1 saturated carbocycles. The van der Waals surface area contributed by atoms with Gasteiger partial charge >= 0.3 is 5.97 Å². The number of ether oxygens (including phenoxy) is 2. The maximum atomic E-state index is 13.1. The fourth-order valence-electron chi connectivity index (χ4n) is 3.79. The number of halogens is 1. The van der Waals surface area contributed by atoms with Gasteiger partial charge in [-0.05, 0) is 37.3 Å². The highest BCUT2D eigenvalue weighted by Crippen LogP contribution is 2.44. The largest absolute Gasteiger partial charge is 0.458 e. The number of carbonyl (C=O) groups excluding carboxylic acids is 3. The smallest absolute Gasteiger partial charge is 0.336 e. The lowest BCUT2D eigenvalue weighted by atomic mass is 10.0. The molecule has 0 radical (unpaired) electrons. The number of hydrogen-bond donors (Lipinski definition) is 2. The van der Waals surface area contributed by atoms with Crippen LogP contribution in [0, 0.1) is 11.8 Å². The molecule has 2 heterocycles. The van der Waals surface area contributed by atoms with Crippen molar-refractivity contribution in [1.29, 1.82) is 0 Å². The van der Waals surface area contributed by atoms with Crippen LogP contribution in [0.15, 0.2) is 41.1 Å². The highest BCUT2D eigenvalue weighted by Gasteiger charge is 2.54. The van der Waals surface area contributed by atoms with Crippen molar-refractivity contribution in [2.75, 3.05) is 6.54 Å². The average molecular weight is 493 g/mol. The predicted octanol–water partition coefficient (Wildman–Crippen LogP) is 2.60. The van der Waals surface area contributed by atoms with Gasteiger partial charge < -0.3 is 20.1 Å². The van der Waals surface area contributed by atoms with Gasteiger partial charge in [0.2, 0.25) is 5.66 Å². The fraction of sp³-hybridized carbons (Fsp3) is 0.455. The van der Waals surface area contributed by atoms with Gasteiger partial charge in [0.25, 0.3) is 17.0 Å². The molecule has 11 heteroatoms. The minimum atomic E-state index is -1.26. The normalized spacial score (nSPS) is 23.4. The summed E-state index contributed by atoms with van der Waals surface area (Å²) in [7, 11) is 0. The number of para-hydroxylation sites is 1. The Balaban J connectivity index is 1.47.